The molecule has 3 heteroatoms. The molecule has 0 bridgehead atoms. The zero-order chi connectivity index (χ0) is 13.7. The molecule has 0 heterocycles. The van der Waals surface area contributed by atoms with Crippen LogP contribution in [0.2, 0.25) is 0 Å². The maximum atomic E-state index is 11.9. The fourth-order valence-corrected chi connectivity index (χ4v) is 4.14. The second-order valence-corrected chi connectivity index (χ2v) is 7.12. The summed E-state index contributed by atoms with van der Waals surface area (Å²) in [6.07, 6.45) is 0. The summed E-state index contributed by atoms with van der Waals surface area (Å²) in [5.41, 5.74) is 0. The van der Waals surface area contributed by atoms with E-state index in [-0.39, 0.29) is 11.9 Å². The van der Waals surface area contributed by atoms with Gasteiger partial charge in [-0.2, -0.15) is 0 Å². The highest BCUT2D eigenvalue weighted by Gasteiger charge is 2.22. The van der Waals surface area contributed by atoms with Gasteiger partial charge in [0.1, 0.15) is 0 Å². The Kier molecular flexibility index (Phi) is 4.52. The molecule has 0 atom stereocenters. The predicted octanol–water partition coefficient (Wildman–Crippen LogP) is 1.72. The van der Waals surface area contributed by atoms with E-state index in [2.05, 4.69) is 0 Å². The first-order valence-electron chi connectivity index (χ1n) is 6.49. The van der Waals surface area contributed by atoms with Crippen LogP contribution in [0.5, 0.6) is 0 Å². The molecule has 0 spiro atoms. The Morgan fingerprint density at radius 3 is 1.68 bits per heavy atom. The predicted molar refractivity (Wildman–Crippen MR) is 80.2 cm³/mol. The Balaban J connectivity index is 2.32. The van der Waals surface area contributed by atoms with E-state index in [1.807, 2.05) is 74.5 Å². The summed E-state index contributed by atoms with van der Waals surface area (Å²) in [6, 6.07) is 20.1. The van der Waals surface area contributed by atoms with Crippen molar-refractivity contribution in [1.82, 2.24) is 0 Å². The zero-order valence-electron chi connectivity index (χ0n) is 11.2. The molecule has 2 aromatic rings. The molecule has 0 aliphatic carbocycles. The normalized spacial score (nSPS) is 10.7. The Bertz CT molecular complexity index is 483. The molecule has 0 saturated heterocycles. The van der Waals surface area contributed by atoms with E-state index in [9.17, 15) is 4.79 Å². The first-order valence-corrected chi connectivity index (χ1v) is 8.11. The van der Waals surface area contributed by atoms with Gasteiger partial charge in [-0.05, 0) is 10.4 Å². The smallest absolute Gasteiger partial charge is 0.302 e. The van der Waals surface area contributed by atoms with Gasteiger partial charge < -0.3 is 4.43 Å². The van der Waals surface area contributed by atoms with Gasteiger partial charge in [-0.1, -0.05) is 74.5 Å². The molecule has 0 radical (unpaired) electrons. The quantitative estimate of drug-likeness (QED) is 0.791. The van der Waals surface area contributed by atoms with Crippen molar-refractivity contribution in [3.63, 3.8) is 0 Å². The van der Waals surface area contributed by atoms with Gasteiger partial charge in [0.05, 0.1) is 0 Å². The van der Waals surface area contributed by atoms with Crippen molar-refractivity contribution in [3.05, 3.63) is 60.7 Å². The third kappa shape index (κ3) is 3.55. The molecule has 0 aliphatic heterocycles. The van der Waals surface area contributed by atoms with Gasteiger partial charge in [0.25, 0.3) is 5.97 Å². The second-order valence-electron chi connectivity index (χ2n) is 4.79. The van der Waals surface area contributed by atoms with Crippen LogP contribution in [0.15, 0.2) is 60.7 Å². The molecule has 0 saturated carbocycles. The highest BCUT2D eigenvalue weighted by molar-refractivity contribution is 6.81. The van der Waals surface area contributed by atoms with Crippen molar-refractivity contribution in [2.45, 2.75) is 13.8 Å². The van der Waals surface area contributed by atoms with E-state index in [1.165, 1.54) is 0 Å². The van der Waals surface area contributed by atoms with Crippen molar-refractivity contribution >= 4 is 25.4 Å². The van der Waals surface area contributed by atoms with Crippen LogP contribution in [0, 0.1) is 5.92 Å². The van der Waals surface area contributed by atoms with Crippen molar-refractivity contribution in [2.24, 2.45) is 5.92 Å². The van der Waals surface area contributed by atoms with Gasteiger partial charge in [-0.3, -0.25) is 4.79 Å². The van der Waals surface area contributed by atoms with E-state index >= 15 is 0 Å². The molecule has 2 aromatic carbocycles. The first kappa shape index (κ1) is 13.6. The van der Waals surface area contributed by atoms with Gasteiger partial charge in [-0.25, -0.2) is 0 Å². The molecule has 0 unspecified atom stereocenters. The van der Waals surface area contributed by atoms with Gasteiger partial charge in [-0.15, -0.1) is 0 Å². The Morgan fingerprint density at radius 2 is 1.32 bits per heavy atom. The van der Waals surface area contributed by atoms with Crippen molar-refractivity contribution in [1.29, 1.82) is 0 Å². The molecule has 2 nitrogen and oxygen atoms in total. The lowest BCUT2D eigenvalue weighted by molar-refractivity contribution is -0.137. The summed E-state index contributed by atoms with van der Waals surface area (Å²) in [5.74, 6) is -0.216. The standard InChI is InChI=1S/C16H18O2Si/c1-13(2)16(17)18-19(14-9-5-3-6-10-14)15-11-7-4-8-12-15/h3-13,19H,1-2H3. The highest BCUT2D eigenvalue weighted by atomic mass is 28.3. The van der Waals surface area contributed by atoms with Crippen LogP contribution in [0.4, 0.5) is 0 Å². The number of hydrogen-bond acceptors (Lipinski definition) is 2. The number of carbonyl (C=O) groups excluding carboxylic acids is 1. The molecule has 0 aliphatic rings. The van der Waals surface area contributed by atoms with E-state index in [4.69, 9.17) is 4.43 Å². The summed E-state index contributed by atoms with van der Waals surface area (Å²) in [7, 11) is -1.91. The van der Waals surface area contributed by atoms with Crippen molar-refractivity contribution in [2.75, 3.05) is 0 Å². The molecular weight excluding hydrogens is 252 g/mol. The lowest BCUT2D eigenvalue weighted by Crippen LogP contribution is -2.46. The van der Waals surface area contributed by atoms with E-state index in [1.54, 1.807) is 0 Å². The van der Waals surface area contributed by atoms with Crippen LogP contribution >= 0.6 is 0 Å². The number of rotatable bonds is 4. The van der Waals surface area contributed by atoms with E-state index < -0.39 is 9.04 Å². The zero-order valence-corrected chi connectivity index (χ0v) is 12.4. The SMILES string of the molecule is CC(C)C(=O)O[SiH](c1ccccc1)c1ccccc1. The number of hydrogen-bond donors (Lipinski definition) is 0. The summed E-state index contributed by atoms with van der Waals surface area (Å²) >= 11 is 0. The average Bonchev–Trinajstić information content (AvgIpc) is 2.46. The fraction of sp³-hybridized carbons (Fsp3) is 0.188. The van der Waals surface area contributed by atoms with E-state index in [0.29, 0.717) is 0 Å². The van der Waals surface area contributed by atoms with Gasteiger partial charge in [0.15, 0.2) is 0 Å². The van der Waals surface area contributed by atoms with Crippen molar-refractivity contribution in [3.8, 4) is 0 Å². The third-order valence-corrected chi connectivity index (χ3v) is 5.36. The minimum absolute atomic E-state index is 0.0950. The largest absolute Gasteiger partial charge is 0.513 e. The Hall–Kier alpha value is -1.87. The number of benzene rings is 2. The maximum Gasteiger partial charge on any atom is 0.302 e. The molecule has 0 N–H and O–H groups in total. The minimum Gasteiger partial charge on any atom is -0.513 e. The summed E-state index contributed by atoms with van der Waals surface area (Å²) < 4.78 is 5.78. The summed E-state index contributed by atoms with van der Waals surface area (Å²) in [6.45, 7) is 3.73. The third-order valence-electron chi connectivity index (χ3n) is 2.91. The average molecular weight is 270 g/mol. The first-order chi connectivity index (χ1) is 9.18. The molecule has 2 rings (SSSR count). The molecule has 0 aromatic heterocycles. The molecule has 98 valence electrons. The Morgan fingerprint density at radius 1 is 0.895 bits per heavy atom. The summed E-state index contributed by atoms with van der Waals surface area (Å²) in [4.78, 5) is 11.9. The van der Waals surface area contributed by atoms with Gasteiger partial charge in [0, 0.05) is 5.92 Å². The number of carbonyl (C=O) groups is 1. The monoisotopic (exact) mass is 270 g/mol. The van der Waals surface area contributed by atoms with Gasteiger partial charge in [0.2, 0.25) is 0 Å². The Labute approximate surface area is 115 Å². The second kappa shape index (κ2) is 6.34. The lowest BCUT2D eigenvalue weighted by Gasteiger charge is -2.18. The van der Waals surface area contributed by atoms with Crippen LogP contribution in [0.3, 0.4) is 0 Å². The topological polar surface area (TPSA) is 26.3 Å². The van der Waals surface area contributed by atoms with Crippen LogP contribution in [0.25, 0.3) is 0 Å². The molecule has 19 heavy (non-hydrogen) atoms. The highest BCUT2D eigenvalue weighted by Crippen LogP contribution is 2.01. The molecule has 0 fully saturated rings. The van der Waals surface area contributed by atoms with Crippen LogP contribution in [-0.2, 0) is 9.22 Å². The molecular formula is C16H18O2Si. The minimum atomic E-state index is -1.91. The fourth-order valence-electron chi connectivity index (χ4n) is 1.84. The van der Waals surface area contributed by atoms with Crippen LogP contribution < -0.4 is 10.4 Å². The van der Waals surface area contributed by atoms with E-state index in [0.717, 1.165) is 10.4 Å². The maximum absolute atomic E-state index is 11.9. The summed E-state index contributed by atoms with van der Waals surface area (Å²) in [5, 5.41) is 2.26. The van der Waals surface area contributed by atoms with Crippen LogP contribution in [0.1, 0.15) is 13.8 Å². The van der Waals surface area contributed by atoms with Gasteiger partial charge >= 0.3 is 9.04 Å². The van der Waals surface area contributed by atoms with Crippen molar-refractivity contribution < 1.29 is 9.22 Å². The lowest BCUT2D eigenvalue weighted by atomic mass is 10.2. The van der Waals surface area contributed by atoms with Crippen LogP contribution in [-0.4, -0.2) is 15.0 Å². The molecule has 0 amide bonds.